The first-order chi connectivity index (χ1) is 15.3. The van der Waals surface area contributed by atoms with Crippen LogP contribution in [0.25, 0.3) is 0 Å². The fourth-order valence-corrected chi connectivity index (χ4v) is 4.61. The van der Waals surface area contributed by atoms with Crippen molar-refractivity contribution in [2.45, 2.75) is 11.8 Å². The molecule has 0 saturated carbocycles. The number of amides is 1. The van der Waals surface area contributed by atoms with Crippen LogP contribution in [0.4, 0.5) is 17.1 Å². The van der Waals surface area contributed by atoms with Gasteiger partial charge in [-0.25, -0.2) is 8.42 Å². The van der Waals surface area contributed by atoms with Crippen molar-refractivity contribution in [3.05, 3.63) is 107 Å². The molecule has 0 unspecified atom stereocenters. The molecule has 8 nitrogen and oxygen atoms in total. The second-order valence-electron chi connectivity index (χ2n) is 6.85. The average molecular weight is 452 g/mol. The first kappa shape index (κ1) is 22.7. The van der Waals surface area contributed by atoms with Crippen molar-refractivity contribution in [2.75, 3.05) is 16.2 Å². The summed E-state index contributed by atoms with van der Waals surface area (Å²) in [5, 5.41) is 13.8. The lowest BCUT2D eigenvalue weighted by atomic mass is 10.1. The average Bonchev–Trinajstić information content (AvgIpc) is 2.79. The highest BCUT2D eigenvalue weighted by Gasteiger charge is 2.25. The van der Waals surface area contributed by atoms with Gasteiger partial charge in [0.1, 0.15) is 0 Å². The smallest absolute Gasteiger partial charge is 0.274 e. The van der Waals surface area contributed by atoms with Crippen LogP contribution in [-0.4, -0.2) is 25.8 Å². The summed E-state index contributed by atoms with van der Waals surface area (Å²) in [6.45, 7) is 5.22. The van der Waals surface area contributed by atoms with Crippen molar-refractivity contribution in [3.8, 4) is 0 Å². The summed E-state index contributed by atoms with van der Waals surface area (Å²) < 4.78 is 27.8. The number of carbonyl (C=O) groups is 1. The number of rotatable bonds is 8. The van der Waals surface area contributed by atoms with E-state index < -0.39 is 20.9 Å². The van der Waals surface area contributed by atoms with E-state index in [0.29, 0.717) is 11.3 Å². The maximum absolute atomic E-state index is 13.3. The van der Waals surface area contributed by atoms with Gasteiger partial charge in [0, 0.05) is 11.6 Å². The Morgan fingerprint density at radius 3 is 2.44 bits per heavy atom. The molecule has 0 bridgehead atoms. The zero-order chi connectivity index (χ0) is 23.3. The number of carbonyl (C=O) groups excluding carboxylic acids is 1. The number of nitrogens with one attached hydrogen (secondary N) is 1. The summed E-state index contributed by atoms with van der Waals surface area (Å²) in [4.78, 5) is 23.3. The number of nitrogens with zero attached hydrogens (tertiary/aromatic N) is 2. The second-order valence-corrected chi connectivity index (χ2v) is 8.71. The fourth-order valence-electron chi connectivity index (χ4n) is 3.13. The molecule has 0 aliphatic rings. The summed E-state index contributed by atoms with van der Waals surface area (Å²) in [5.74, 6) is -0.583. The van der Waals surface area contributed by atoms with Crippen molar-refractivity contribution in [1.29, 1.82) is 0 Å². The zero-order valence-electron chi connectivity index (χ0n) is 17.3. The van der Waals surface area contributed by atoms with Crippen LogP contribution in [-0.2, 0) is 10.0 Å². The molecule has 0 aliphatic heterocycles. The summed E-state index contributed by atoms with van der Waals surface area (Å²) in [6.07, 6.45) is 1.48. The topological polar surface area (TPSA) is 110 Å². The van der Waals surface area contributed by atoms with Crippen LogP contribution in [0.1, 0.15) is 15.9 Å². The highest BCUT2D eigenvalue weighted by atomic mass is 32.2. The molecule has 1 amide bonds. The summed E-state index contributed by atoms with van der Waals surface area (Å²) >= 11 is 0. The molecule has 1 N–H and O–H groups in total. The zero-order valence-corrected chi connectivity index (χ0v) is 18.1. The molecule has 0 radical (unpaired) electrons. The van der Waals surface area contributed by atoms with Gasteiger partial charge in [0.05, 0.1) is 33.3 Å². The first-order valence-corrected chi connectivity index (χ1v) is 11.0. The van der Waals surface area contributed by atoms with Crippen LogP contribution in [0, 0.1) is 17.0 Å². The number of para-hydroxylation sites is 1. The third-order valence-electron chi connectivity index (χ3n) is 4.77. The van der Waals surface area contributed by atoms with Crippen LogP contribution >= 0.6 is 0 Å². The number of hydrogen-bond donors (Lipinski definition) is 1. The van der Waals surface area contributed by atoms with Crippen LogP contribution in [0.15, 0.2) is 90.3 Å². The molecule has 0 aromatic heterocycles. The van der Waals surface area contributed by atoms with E-state index in [1.807, 2.05) is 0 Å². The molecule has 0 aliphatic carbocycles. The normalized spacial score (nSPS) is 10.9. The van der Waals surface area contributed by atoms with Crippen LogP contribution in [0.3, 0.4) is 0 Å². The number of nitro benzene ring substituents is 1. The number of hydrogen-bond acceptors (Lipinski definition) is 5. The van der Waals surface area contributed by atoms with Gasteiger partial charge in [-0.1, -0.05) is 36.4 Å². The highest BCUT2D eigenvalue weighted by molar-refractivity contribution is 7.92. The monoisotopic (exact) mass is 451 g/mol. The maximum atomic E-state index is 13.3. The molecule has 3 aromatic carbocycles. The Labute approximate surface area is 186 Å². The minimum absolute atomic E-state index is 0.0512. The SMILES string of the molecule is C=CCN(c1ccccc1)S(=O)(=O)c1cccc(C(=O)Nc2cccc([N+](=O)[O-])c2C)c1. The largest absolute Gasteiger partial charge is 0.321 e. The third-order valence-corrected chi connectivity index (χ3v) is 6.56. The van der Waals surface area contributed by atoms with Gasteiger partial charge >= 0.3 is 0 Å². The molecule has 3 rings (SSSR count). The molecule has 9 heteroatoms. The minimum atomic E-state index is -3.98. The van der Waals surface area contributed by atoms with E-state index in [1.165, 1.54) is 53.7 Å². The van der Waals surface area contributed by atoms with Gasteiger partial charge < -0.3 is 5.32 Å². The Hall–Kier alpha value is -3.98. The molecule has 0 saturated heterocycles. The van der Waals surface area contributed by atoms with Gasteiger partial charge in [0.25, 0.3) is 21.6 Å². The molecular formula is C23H21N3O5S. The number of benzene rings is 3. The van der Waals surface area contributed by atoms with Gasteiger partial charge in [-0.05, 0) is 43.3 Å². The van der Waals surface area contributed by atoms with Gasteiger partial charge in [0.2, 0.25) is 0 Å². The maximum Gasteiger partial charge on any atom is 0.274 e. The Morgan fingerprint density at radius 1 is 1.09 bits per heavy atom. The van der Waals surface area contributed by atoms with Crippen LogP contribution in [0.5, 0.6) is 0 Å². The molecule has 0 fully saturated rings. The standard InChI is InChI=1S/C23H21N3O5S/c1-3-15-25(19-10-5-4-6-11-19)32(30,31)20-12-7-9-18(16-20)23(27)24-21-13-8-14-22(17(21)2)26(28)29/h3-14,16H,1,15H2,2H3,(H,24,27). The van der Waals surface area contributed by atoms with Crippen molar-refractivity contribution < 1.29 is 18.1 Å². The molecule has 32 heavy (non-hydrogen) atoms. The summed E-state index contributed by atoms with van der Waals surface area (Å²) in [6, 6.07) is 18.6. The number of sulfonamides is 1. The van der Waals surface area contributed by atoms with Gasteiger partial charge in [0.15, 0.2) is 0 Å². The van der Waals surface area contributed by atoms with E-state index in [9.17, 15) is 23.3 Å². The third kappa shape index (κ3) is 4.68. The number of anilines is 2. The molecule has 0 spiro atoms. The van der Waals surface area contributed by atoms with Crippen molar-refractivity contribution in [3.63, 3.8) is 0 Å². The minimum Gasteiger partial charge on any atom is -0.321 e. The Balaban J connectivity index is 1.94. The Morgan fingerprint density at radius 2 is 1.78 bits per heavy atom. The predicted octanol–water partition coefficient (Wildman–Crippen LogP) is 4.54. The van der Waals surface area contributed by atoms with E-state index in [2.05, 4.69) is 11.9 Å². The molecule has 3 aromatic rings. The van der Waals surface area contributed by atoms with Crippen molar-refractivity contribution >= 4 is 33.0 Å². The van der Waals surface area contributed by atoms with Crippen molar-refractivity contribution in [2.24, 2.45) is 0 Å². The Bertz CT molecular complexity index is 1270. The van der Waals surface area contributed by atoms with Gasteiger partial charge in [-0.2, -0.15) is 0 Å². The van der Waals surface area contributed by atoms with Crippen LogP contribution < -0.4 is 9.62 Å². The quantitative estimate of drug-likeness (QED) is 0.307. The molecule has 164 valence electrons. The predicted molar refractivity (Wildman–Crippen MR) is 123 cm³/mol. The van der Waals surface area contributed by atoms with E-state index in [-0.39, 0.29) is 28.4 Å². The number of nitro groups is 1. The van der Waals surface area contributed by atoms with E-state index in [1.54, 1.807) is 36.4 Å². The van der Waals surface area contributed by atoms with E-state index in [4.69, 9.17) is 0 Å². The van der Waals surface area contributed by atoms with E-state index >= 15 is 0 Å². The molecule has 0 heterocycles. The lowest BCUT2D eigenvalue weighted by molar-refractivity contribution is -0.385. The lowest BCUT2D eigenvalue weighted by Crippen LogP contribution is -2.31. The van der Waals surface area contributed by atoms with Gasteiger partial charge in [-0.3, -0.25) is 19.2 Å². The Kier molecular flexibility index (Phi) is 6.70. The highest BCUT2D eigenvalue weighted by Crippen LogP contribution is 2.27. The summed E-state index contributed by atoms with van der Waals surface area (Å²) in [5.41, 5.74) is 1.02. The first-order valence-electron chi connectivity index (χ1n) is 9.60. The lowest BCUT2D eigenvalue weighted by Gasteiger charge is -2.23. The summed E-state index contributed by atoms with van der Waals surface area (Å²) in [7, 11) is -3.98. The fraction of sp³-hybridized carbons (Fsp3) is 0.0870. The van der Waals surface area contributed by atoms with Gasteiger partial charge in [-0.15, -0.1) is 6.58 Å². The molecule has 0 atom stereocenters. The molecular weight excluding hydrogens is 430 g/mol. The second kappa shape index (κ2) is 9.44. The van der Waals surface area contributed by atoms with Crippen LogP contribution in [0.2, 0.25) is 0 Å². The van der Waals surface area contributed by atoms with E-state index in [0.717, 1.165) is 0 Å². The van der Waals surface area contributed by atoms with Crippen molar-refractivity contribution in [1.82, 2.24) is 0 Å².